The highest BCUT2D eigenvalue weighted by molar-refractivity contribution is 6.09. The number of nitrogens with zero attached hydrogens (tertiary/aromatic N) is 4. The summed E-state index contributed by atoms with van der Waals surface area (Å²) in [6.45, 7) is 6.85. The Labute approximate surface area is 354 Å². The molecular formula is C53H46N4O. The van der Waals surface area contributed by atoms with Crippen molar-refractivity contribution in [3.63, 3.8) is 0 Å². The van der Waals surface area contributed by atoms with Crippen LogP contribution in [0.3, 0.4) is 0 Å². The van der Waals surface area contributed by atoms with Crippen LogP contribution in [-0.4, -0.2) is 28.3 Å². The summed E-state index contributed by atoms with van der Waals surface area (Å²) in [5.41, 5.74) is 4.97. The molecule has 3 heterocycles. The van der Waals surface area contributed by atoms with Gasteiger partial charge < -0.3 is 14.5 Å². The maximum absolute atomic E-state index is 9.09. The number of para-hydroxylation sites is 2. The van der Waals surface area contributed by atoms with E-state index >= 15 is 0 Å². The summed E-state index contributed by atoms with van der Waals surface area (Å²) in [6.07, 6.45) is 7.19. The summed E-state index contributed by atoms with van der Waals surface area (Å²) in [7, 11) is 0. The Morgan fingerprint density at radius 2 is 1.29 bits per heavy atom. The van der Waals surface area contributed by atoms with Crippen LogP contribution in [0.15, 0.2) is 176 Å². The number of ether oxygens (including phenoxy) is 1. The molecule has 5 nitrogen and oxygen atoms in total. The molecule has 1 aliphatic heterocycles. The van der Waals surface area contributed by atoms with E-state index in [0.717, 1.165) is 39.7 Å². The van der Waals surface area contributed by atoms with E-state index in [1.54, 1.807) is 18.2 Å². The average molecular weight is 765 g/mol. The summed E-state index contributed by atoms with van der Waals surface area (Å²) < 4.78 is 96.5. The van der Waals surface area contributed by atoms with Gasteiger partial charge in [0, 0.05) is 45.9 Å². The first-order chi connectivity index (χ1) is 32.5. The van der Waals surface area contributed by atoms with Gasteiger partial charge in [-0.15, -0.1) is 0 Å². The molecule has 0 radical (unpaired) electrons. The molecule has 1 saturated carbocycles. The van der Waals surface area contributed by atoms with Crippen molar-refractivity contribution in [2.45, 2.75) is 44.7 Å². The van der Waals surface area contributed by atoms with Crippen LogP contribution in [-0.2, 0) is 5.41 Å². The van der Waals surface area contributed by atoms with Crippen LogP contribution < -0.4 is 14.5 Å². The highest BCUT2D eigenvalue weighted by Crippen LogP contribution is 2.53. The second-order valence-electron chi connectivity index (χ2n) is 16.5. The molecule has 1 saturated heterocycles. The highest BCUT2D eigenvalue weighted by Gasteiger charge is 2.55. The molecule has 6 aromatic carbocycles. The summed E-state index contributed by atoms with van der Waals surface area (Å²) in [5.74, 6) is 2.31. The van der Waals surface area contributed by atoms with Crippen LogP contribution in [0.2, 0.25) is 0 Å². The molecule has 0 N–H and O–H groups in total. The lowest BCUT2D eigenvalue weighted by atomic mass is 9.88. The van der Waals surface area contributed by atoms with E-state index < -0.39 is 60.4 Å². The fourth-order valence-electron chi connectivity index (χ4n) is 9.58. The third-order valence-corrected chi connectivity index (χ3v) is 12.1. The molecule has 8 aromatic rings. The Morgan fingerprint density at radius 1 is 0.638 bits per heavy atom. The van der Waals surface area contributed by atoms with Crippen molar-refractivity contribution in [2.24, 2.45) is 11.8 Å². The second-order valence-corrected chi connectivity index (χ2v) is 16.5. The van der Waals surface area contributed by atoms with Crippen molar-refractivity contribution in [1.82, 2.24) is 9.55 Å². The molecule has 0 amide bonds. The zero-order valence-electron chi connectivity index (χ0n) is 42.4. The van der Waals surface area contributed by atoms with Gasteiger partial charge in [-0.25, -0.2) is 4.98 Å². The third kappa shape index (κ3) is 5.71. The number of aromatic nitrogens is 2. The minimum Gasteiger partial charge on any atom is -0.457 e. The van der Waals surface area contributed by atoms with Crippen LogP contribution in [0.1, 0.15) is 46.5 Å². The maximum Gasteiger partial charge on any atom is 0.137 e. The number of benzene rings is 6. The van der Waals surface area contributed by atoms with Crippen molar-refractivity contribution in [2.75, 3.05) is 16.5 Å². The van der Waals surface area contributed by atoms with Gasteiger partial charge in [0.2, 0.25) is 0 Å². The van der Waals surface area contributed by atoms with E-state index in [9.17, 15) is 0 Å². The molecule has 2 fully saturated rings. The monoisotopic (exact) mass is 764 g/mol. The quantitative estimate of drug-likeness (QED) is 0.151. The molecule has 0 spiro atoms. The Kier molecular flexibility index (Phi) is 5.97. The second kappa shape index (κ2) is 13.5. The Morgan fingerprint density at radius 3 is 2.02 bits per heavy atom. The van der Waals surface area contributed by atoms with Crippen LogP contribution in [0.4, 0.5) is 11.4 Å². The summed E-state index contributed by atoms with van der Waals surface area (Å²) in [6, 6.07) is 26.8. The topological polar surface area (TPSA) is 33.5 Å². The SMILES string of the molecule is [2H]c1c([2H])c([2H])c(-c2cccc(-c3c([2H])c([2H])c([2H])c([2H])c3[2H])c2N2CN(c3cccc(Oc4ccc5c6ccccc6n(-c6cc(C(C)(C)C)ccn6)c5c4)c3)[C@@H]3C2C2C=C[C@@H]3C2)c([2H])c1[2H]. The van der Waals surface area contributed by atoms with Gasteiger partial charge >= 0.3 is 0 Å². The zero-order valence-corrected chi connectivity index (χ0v) is 32.4. The van der Waals surface area contributed by atoms with Gasteiger partial charge in [-0.1, -0.05) is 136 Å². The Balaban J connectivity index is 1.03. The lowest BCUT2D eigenvalue weighted by Gasteiger charge is -2.33. The van der Waals surface area contributed by atoms with Crippen molar-refractivity contribution >= 4 is 33.2 Å². The lowest BCUT2D eigenvalue weighted by molar-refractivity contribution is 0.482. The predicted octanol–water partition coefficient (Wildman–Crippen LogP) is 12.8. The molecule has 4 atom stereocenters. The Bertz CT molecular complexity index is 3310. The van der Waals surface area contributed by atoms with Crippen LogP contribution in [0, 0.1) is 11.8 Å². The molecule has 2 unspecified atom stereocenters. The first-order valence-corrected chi connectivity index (χ1v) is 19.8. The van der Waals surface area contributed by atoms with Gasteiger partial charge in [-0.3, -0.25) is 4.57 Å². The lowest BCUT2D eigenvalue weighted by Crippen LogP contribution is -2.40. The number of hydrogen-bond acceptors (Lipinski definition) is 4. The smallest absolute Gasteiger partial charge is 0.137 e. The zero-order chi connectivity index (χ0) is 47.7. The summed E-state index contributed by atoms with van der Waals surface area (Å²) >= 11 is 0. The predicted molar refractivity (Wildman–Crippen MR) is 239 cm³/mol. The maximum atomic E-state index is 9.09. The highest BCUT2D eigenvalue weighted by atomic mass is 16.5. The molecule has 11 rings (SSSR count). The molecule has 2 aliphatic carbocycles. The van der Waals surface area contributed by atoms with Gasteiger partial charge in [0.1, 0.15) is 17.3 Å². The first-order valence-electron chi connectivity index (χ1n) is 24.8. The van der Waals surface area contributed by atoms with Crippen LogP contribution in [0.25, 0.3) is 49.9 Å². The number of anilines is 2. The van der Waals surface area contributed by atoms with Gasteiger partial charge in [-0.05, 0) is 82.8 Å². The third-order valence-electron chi connectivity index (χ3n) is 12.1. The molecule has 58 heavy (non-hydrogen) atoms. The number of rotatable bonds is 7. The van der Waals surface area contributed by atoms with Crippen molar-refractivity contribution in [3.8, 4) is 39.6 Å². The fraction of sp³-hybridized carbons (Fsp3) is 0.189. The van der Waals surface area contributed by atoms with Gasteiger partial charge in [0.15, 0.2) is 0 Å². The molecule has 5 heteroatoms. The minimum absolute atomic E-state index is 0.0296. The standard InChI is InChI=1S/C53H46N4O/c1-53(2,3)39-28-29-54-49(31-39)57-47-23-11-10-20-45(47)46-27-26-42(33-48(46)57)58-41-19-12-18-40(32-41)55-34-56(51-38-25-24-37(30-38)50(51)55)52-43(35-14-6-4-7-15-35)21-13-22-44(52)36-16-8-5-9-17-36/h4-29,31-33,37-38,50-51H,30,34H2,1-3H3/t37-,38?,50+,51?/m1/s1/i4D,5D,6D,7D,8D,9D,14D,15D,16D,17D. The van der Waals surface area contributed by atoms with Crippen LogP contribution >= 0.6 is 0 Å². The normalized spacial score (nSPS) is 22.1. The molecule has 2 aromatic heterocycles. The number of pyridine rings is 1. The van der Waals surface area contributed by atoms with E-state index in [4.69, 9.17) is 23.4 Å². The van der Waals surface area contributed by atoms with Crippen LogP contribution in [0.5, 0.6) is 11.5 Å². The Hall–Kier alpha value is -6.59. The van der Waals surface area contributed by atoms with Crippen molar-refractivity contribution < 1.29 is 18.4 Å². The van der Waals surface area contributed by atoms with Crippen molar-refractivity contribution in [3.05, 3.63) is 181 Å². The van der Waals surface area contributed by atoms with Crippen molar-refractivity contribution in [1.29, 1.82) is 0 Å². The minimum atomic E-state index is -0.523. The van der Waals surface area contributed by atoms with E-state index in [2.05, 4.69) is 83.7 Å². The molecule has 2 bridgehead atoms. The number of fused-ring (bicyclic) bond motifs is 8. The summed E-state index contributed by atoms with van der Waals surface area (Å²) in [4.78, 5) is 9.31. The largest absolute Gasteiger partial charge is 0.457 e. The molecule has 3 aliphatic rings. The van der Waals surface area contributed by atoms with Gasteiger partial charge in [-0.2, -0.15) is 0 Å². The molecule has 284 valence electrons. The van der Waals surface area contributed by atoms with E-state index in [-0.39, 0.29) is 47.1 Å². The van der Waals surface area contributed by atoms with E-state index in [1.807, 2.05) is 48.7 Å². The summed E-state index contributed by atoms with van der Waals surface area (Å²) in [5, 5.41) is 2.18. The first kappa shape index (κ1) is 25.6. The number of hydrogen-bond donors (Lipinski definition) is 0. The van der Waals surface area contributed by atoms with E-state index in [1.165, 1.54) is 5.56 Å². The van der Waals surface area contributed by atoms with Gasteiger partial charge in [0.05, 0.1) is 49.2 Å². The van der Waals surface area contributed by atoms with E-state index in [0.29, 0.717) is 28.3 Å². The fourth-order valence-corrected chi connectivity index (χ4v) is 9.58. The molecular weight excluding hydrogens is 709 g/mol. The average Bonchev–Trinajstić information content (AvgIpc) is 4.13. The van der Waals surface area contributed by atoms with Gasteiger partial charge in [0.25, 0.3) is 0 Å².